The van der Waals surface area contributed by atoms with Gasteiger partial charge in [0, 0.05) is 5.92 Å². The van der Waals surface area contributed by atoms with E-state index in [0.717, 1.165) is 6.08 Å². The fraction of sp³-hybridized carbons (Fsp3) is 0.625. The average molecular weight is 272 g/mol. The Labute approximate surface area is 94.0 Å². The molecule has 0 heterocycles. The van der Waals surface area contributed by atoms with Gasteiger partial charge in [-0.2, -0.15) is 21.6 Å². The molecule has 2 rings (SSSR count). The highest BCUT2D eigenvalue weighted by Gasteiger charge is 2.73. The minimum atomic E-state index is -5.78. The van der Waals surface area contributed by atoms with E-state index in [1.807, 2.05) is 0 Å². The van der Waals surface area contributed by atoms with Crippen LogP contribution in [0.25, 0.3) is 0 Å². The van der Waals surface area contributed by atoms with Gasteiger partial charge >= 0.3 is 21.6 Å². The quantitative estimate of drug-likeness (QED) is 0.468. The number of halogens is 3. The average Bonchev–Trinajstić information content (AvgIpc) is 2.53. The fourth-order valence-corrected chi connectivity index (χ4v) is 2.90. The first kappa shape index (κ1) is 12.4. The maximum atomic E-state index is 12.1. The van der Waals surface area contributed by atoms with Crippen molar-refractivity contribution >= 4 is 16.1 Å². The minimum Gasteiger partial charge on any atom is -0.481 e. The highest BCUT2D eigenvalue weighted by Crippen LogP contribution is 2.61. The van der Waals surface area contributed by atoms with Gasteiger partial charge in [0.15, 0.2) is 0 Å². The van der Waals surface area contributed by atoms with Gasteiger partial charge in [-0.05, 0) is 6.42 Å². The van der Waals surface area contributed by atoms with E-state index in [-0.39, 0.29) is 6.42 Å². The first-order valence-corrected chi connectivity index (χ1v) is 5.95. The van der Waals surface area contributed by atoms with Crippen molar-refractivity contribution in [3.63, 3.8) is 0 Å². The molecule has 0 saturated heterocycles. The summed E-state index contributed by atoms with van der Waals surface area (Å²) in [5.41, 5.74) is -7.39. The van der Waals surface area contributed by atoms with Crippen LogP contribution < -0.4 is 0 Å². The van der Waals surface area contributed by atoms with Crippen molar-refractivity contribution < 1.29 is 35.7 Å². The molecule has 0 spiro atoms. The van der Waals surface area contributed by atoms with Crippen molar-refractivity contribution in [2.24, 2.45) is 11.8 Å². The van der Waals surface area contributed by atoms with E-state index < -0.39 is 39.0 Å². The van der Waals surface area contributed by atoms with Gasteiger partial charge < -0.3 is 5.11 Å². The summed E-state index contributed by atoms with van der Waals surface area (Å²) in [7, 11) is -5.78. The molecule has 96 valence electrons. The van der Waals surface area contributed by atoms with Gasteiger partial charge in [0.1, 0.15) is 5.60 Å². The number of allylic oxidation sites excluding steroid dienone is 1. The van der Waals surface area contributed by atoms with Gasteiger partial charge in [0.25, 0.3) is 0 Å². The lowest BCUT2D eigenvalue weighted by Crippen LogP contribution is -2.32. The predicted molar refractivity (Wildman–Crippen MR) is 47.2 cm³/mol. The van der Waals surface area contributed by atoms with Crippen molar-refractivity contribution in [1.29, 1.82) is 0 Å². The largest absolute Gasteiger partial charge is 0.523 e. The zero-order valence-corrected chi connectivity index (χ0v) is 8.96. The monoisotopic (exact) mass is 272 g/mol. The summed E-state index contributed by atoms with van der Waals surface area (Å²) in [6.07, 6.45) is 2.69. The summed E-state index contributed by atoms with van der Waals surface area (Å²) in [6, 6.07) is 0. The molecular formula is C8H7F3O5S. The van der Waals surface area contributed by atoms with Crippen LogP contribution in [-0.2, 0) is 19.1 Å². The standard InChI is InChI=1S/C8H7F3O5S/c9-8(10,11)17(14,15)16-7-3-1-2-4(7)5(7)6(12)13/h1,3-5H,2H2,(H,12,13). The van der Waals surface area contributed by atoms with Gasteiger partial charge in [-0.3, -0.25) is 8.98 Å². The van der Waals surface area contributed by atoms with Crippen molar-refractivity contribution in [3.05, 3.63) is 12.2 Å². The zero-order valence-electron chi connectivity index (χ0n) is 8.14. The van der Waals surface area contributed by atoms with Crippen molar-refractivity contribution in [3.8, 4) is 0 Å². The first-order valence-electron chi connectivity index (χ1n) is 4.54. The second kappa shape index (κ2) is 3.22. The third-order valence-corrected chi connectivity index (χ3v) is 4.01. The van der Waals surface area contributed by atoms with Crippen LogP contribution in [0.3, 0.4) is 0 Å². The number of carboxylic acids is 1. The topological polar surface area (TPSA) is 80.7 Å². The number of carbonyl (C=O) groups is 1. The van der Waals surface area contributed by atoms with Gasteiger partial charge in [-0.15, -0.1) is 0 Å². The Morgan fingerprint density at radius 2 is 2.06 bits per heavy atom. The van der Waals surface area contributed by atoms with E-state index >= 15 is 0 Å². The molecule has 0 aromatic rings. The molecule has 1 fully saturated rings. The zero-order chi connectivity index (χ0) is 13.1. The van der Waals surface area contributed by atoms with E-state index in [9.17, 15) is 26.4 Å². The summed E-state index contributed by atoms with van der Waals surface area (Å²) < 4.78 is 62.1. The molecule has 0 aromatic carbocycles. The van der Waals surface area contributed by atoms with E-state index in [4.69, 9.17) is 5.11 Å². The van der Waals surface area contributed by atoms with Gasteiger partial charge in [0.05, 0.1) is 5.92 Å². The van der Waals surface area contributed by atoms with Gasteiger partial charge in [0.2, 0.25) is 0 Å². The molecule has 3 unspecified atom stereocenters. The van der Waals surface area contributed by atoms with Crippen LogP contribution in [0.5, 0.6) is 0 Å². The maximum Gasteiger partial charge on any atom is 0.523 e. The number of hydrogen-bond donors (Lipinski definition) is 1. The number of aliphatic carboxylic acids is 1. The molecule has 2 aliphatic rings. The summed E-state index contributed by atoms with van der Waals surface area (Å²) in [5, 5.41) is 8.73. The Morgan fingerprint density at radius 3 is 2.47 bits per heavy atom. The molecule has 0 aliphatic heterocycles. The fourth-order valence-electron chi connectivity index (χ4n) is 2.15. The molecule has 1 saturated carbocycles. The Balaban J connectivity index is 2.26. The molecule has 17 heavy (non-hydrogen) atoms. The van der Waals surface area contributed by atoms with E-state index in [0.29, 0.717) is 0 Å². The number of hydrogen-bond acceptors (Lipinski definition) is 4. The SMILES string of the molecule is O=C(O)C1C2CC=CC21OS(=O)(=O)C(F)(F)F. The second-order valence-electron chi connectivity index (χ2n) is 3.90. The van der Waals surface area contributed by atoms with E-state index in [1.54, 1.807) is 0 Å². The lowest BCUT2D eigenvalue weighted by molar-refractivity contribution is -0.140. The van der Waals surface area contributed by atoms with Crippen molar-refractivity contribution in [2.45, 2.75) is 17.5 Å². The normalized spacial score (nSPS) is 35.7. The van der Waals surface area contributed by atoms with Gasteiger partial charge in [-0.1, -0.05) is 12.2 Å². The lowest BCUT2D eigenvalue weighted by atomic mass is 10.2. The smallest absolute Gasteiger partial charge is 0.481 e. The lowest BCUT2D eigenvalue weighted by Gasteiger charge is -2.14. The molecule has 3 atom stereocenters. The minimum absolute atomic E-state index is 0.199. The summed E-state index contributed by atoms with van der Waals surface area (Å²) in [6.45, 7) is 0. The summed E-state index contributed by atoms with van der Waals surface area (Å²) >= 11 is 0. The van der Waals surface area contributed by atoms with Crippen molar-refractivity contribution in [1.82, 2.24) is 0 Å². The second-order valence-corrected chi connectivity index (χ2v) is 5.44. The number of alkyl halides is 3. The molecule has 0 bridgehead atoms. The number of carboxylic acid groups (broad SMARTS) is 1. The van der Waals surface area contributed by atoms with Gasteiger partial charge in [-0.25, -0.2) is 0 Å². The van der Waals surface area contributed by atoms with Crippen LogP contribution in [-0.4, -0.2) is 30.6 Å². The molecule has 1 N–H and O–H groups in total. The summed E-state index contributed by atoms with van der Waals surface area (Å²) in [5.74, 6) is -3.33. The molecule has 0 amide bonds. The number of fused-ring (bicyclic) bond motifs is 1. The molecular weight excluding hydrogens is 265 g/mol. The van der Waals surface area contributed by atoms with Crippen LogP contribution in [0.4, 0.5) is 13.2 Å². The highest BCUT2D eigenvalue weighted by atomic mass is 32.2. The third-order valence-electron chi connectivity index (χ3n) is 2.93. The van der Waals surface area contributed by atoms with E-state index in [2.05, 4.69) is 4.18 Å². The predicted octanol–water partition coefficient (Wildman–Crippen LogP) is 0.882. The molecule has 5 nitrogen and oxygen atoms in total. The highest BCUT2D eigenvalue weighted by molar-refractivity contribution is 7.87. The van der Waals surface area contributed by atoms with Crippen LogP contribution in [0.1, 0.15) is 6.42 Å². The van der Waals surface area contributed by atoms with Crippen molar-refractivity contribution in [2.75, 3.05) is 0 Å². The molecule has 9 heteroatoms. The van der Waals surface area contributed by atoms with E-state index in [1.165, 1.54) is 6.08 Å². The van der Waals surface area contributed by atoms with Crippen LogP contribution in [0.15, 0.2) is 12.2 Å². The van der Waals surface area contributed by atoms with Crippen LogP contribution in [0, 0.1) is 11.8 Å². The first-order chi connectivity index (χ1) is 7.62. The Bertz CT molecular complexity index is 494. The molecule has 0 radical (unpaired) electrons. The van der Waals surface area contributed by atoms with Crippen LogP contribution in [0.2, 0.25) is 0 Å². The Kier molecular flexibility index (Phi) is 2.35. The third kappa shape index (κ3) is 1.64. The Morgan fingerprint density at radius 1 is 1.47 bits per heavy atom. The summed E-state index contributed by atoms with van der Waals surface area (Å²) in [4.78, 5) is 10.7. The molecule has 0 aromatic heterocycles. The number of rotatable bonds is 3. The Hall–Kier alpha value is -1.09. The van der Waals surface area contributed by atoms with Crippen LogP contribution >= 0.6 is 0 Å². The molecule has 2 aliphatic carbocycles. The maximum absolute atomic E-state index is 12.1.